The van der Waals surface area contributed by atoms with Crippen LogP contribution >= 0.6 is 11.3 Å². The van der Waals surface area contributed by atoms with Crippen LogP contribution in [0.3, 0.4) is 0 Å². The maximum Gasteiger partial charge on any atom is 0.266 e. The molecule has 1 aromatic heterocycles. The molecule has 0 saturated heterocycles. The highest BCUT2D eigenvalue weighted by Gasteiger charge is 2.21. The Morgan fingerprint density at radius 1 is 1.38 bits per heavy atom. The number of anilines is 1. The van der Waals surface area contributed by atoms with Crippen LogP contribution in [0.1, 0.15) is 19.4 Å². The predicted octanol–water partition coefficient (Wildman–Crippen LogP) is 1.98. The van der Waals surface area contributed by atoms with Gasteiger partial charge in [0, 0.05) is 12.6 Å². The SMILES string of the molecule is CC(C)NCc1ccc(F)c(S(=O)(=O)Nc2nncs2)c1. The zero-order valence-electron chi connectivity index (χ0n) is 11.5. The Bertz CT molecular complexity index is 702. The van der Waals surface area contributed by atoms with Gasteiger partial charge in [0.25, 0.3) is 10.0 Å². The Labute approximate surface area is 126 Å². The fourth-order valence-corrected chi connectivity index (χ4v) is 3.40. The summed E-state index contributed by atoms with van der Waals surface area (Å²) < 4.78 is 40.4. The summed E-state index contributed by atoms with van der Waals surface area (Å²) in [5.74, 6) is -0.805. The molecular weight excluding hydrogens is 315 g/mol. The van der Waals surface area contributed by atoms with Crippen molar-refractivity contribution in [3.05, 3.63) is 35.1 Å². The maximum atomic E-state index is 13.8. The molecule has 0 unspecified atom stereocenters. The molecule has 21 heavy (non-hydrogen) atoms. The van der Waals surface area contributed by atoms with Gasteiger partial charge in [-0.2, -0.15) is 0 Å². The van der Waals surface area contributed by atoms with Crippen LogP contribution in [0.4, 0.5) is 9.52 Å². The summed E-state index contributed by atoms with van der Waals surface area (Å²) >= 11 is 1.02. The average Bonchev–Trinajstić information content (AvgIpc) is 2.89. The fourth-order valence-electron chi connectivity index (χ4n) is 1.57. The van der Waals surface area contributed by atoms with Crippen LogP contribution in [0, 0.1) is 5.82 Å². The van der Waals surface area contributed by atoms with Gasteiger partial charge in [-0.05, 0) is 17.7 Å². The molecule has 9 heteroatoms. The highest BCUT2D eigenvalue weighted by molar-refractivity contribution is 7.93. The highest BCUT2D eigenvalue weighted by Crippen LogP contribution is 2.21. The smallest absolute Gasteiger partial charge is 0.266 e. The second-order valence-electron chi connectivity index (χ2n) is 4.65. The topological polar surface area (TPSA) is 84.0 Å². The Balaban J connectivity index is 2.27. The van der Waals surface area contributed by atoms with Gasteiger partial charge in [-0.3, -0.25) is 4.72 Å². The zero-order valence-corrected chi connectivity index (χ0v) is 13.1. The third kappa shape index (κ3) is 4.19. The summed E-state index contributed by atoms with van der Waals surface area (Å²) in [4.78, 5) is -0.402. The first-order chi connectivity index (χ1) is 9.88. The average molecular weight is 330 g/mol. The van der Waals surface area contributed by atoms with Crippen molar-refractivity contribution in [2.75, 3.05) is 4.72 Å². The van der Waals surface area contributed by atoms with Crippen molar-refractivity contribution in [3.8, 4) is 0 Å². The standard InChI is InChI=1S/C12H15FN4O2S2/c1-8(2)14-6-9-3-4-10(13)11(5-9)21(18,19)17-12-16-15-7-20-12/h3-5,7-8,14H,6H2,1-2H3,(H,16,17). The van der Waals surface area contributed by atoms with Crippen LogP contribution in [-0.4, -0.2) is 24.7 Å². The lowest BCUT2D eigenvalue weighted by Crippen LogP contribution is -2.22. The van der Waals surface area contributed by atoms with E-state index in [0.717, 1.165) is 17.4 Å². The lowest BCUT2D eigenvalue weighted by molar-refractivity contribution is 0.564. The molecule has 0 aliphatic carbocycles. The number of benzene rings is 1. The second kappa shape index (κ2) is 6.46. The van der Waals surface area contributed by atoms with Crippen LogP contribution in [0.25, 0.3) is 0 Å². The van der Waals surface area contributed by atoms with Crippen molar-refractivity contribution in [3.63, 3.8) is 0 Å². The minimum atomic E-state index is -4.02. The molecule has 1 heterocycles. The first kappa shape index (κ1) is 15.8. The lowest BCUT2D eigenvalue weighted by Gasteiger charge is -2.11. The summed E-state index contributed by atoms with van der Waals surface area (Å²) in [7, 11) is -4.02. The number of hydrogen-bond donors (Lipinski definition) is 2. The van der Waals surface area contributed by atoms with Gasteiger partial charge in [-0.25, -0.2) is 12.8 Å². The maximum absolute atomic E-state index is 13.8. The molecule has 0 bridgehead atoms. The van der Waals surface area contributed by atoms with E-state index in [4.69, 9.17) is 0 Å². The van der Waals surface area contributed by atoms with Gasteiger partial charge in [0.1, 0.15) is 16.2 Å². The molecule has 0 saturated carbocycles. The molecular formula is C12H15FN4O2S2. The van der Waals surface area contributed by atoms with Crippen LogP contribution in [0.15, 0.2) is 28.6 Å². The zero-order chi connectivity index (χ0) is 15.5. The molecule has 0 spiro atoms. The summed E-state index contributed by atoms with van der Waals surface area (Å²) in [6, 6.07) is 4.25. The molecule has 0 radical (unpaired) electrons. The van der Waals surface area contributed by atoms with Gasteiger partial charge in [-0.15, -0.1) is 10.2 Å². The molecule has 0 atom stereocenters. The second-order valence-corrected chi connectivity index (χ2v) is 7.13. The van der Waals surface area contributed by atoms with E-state index in [9.17, 15) is 12.8 Å². The molecule has 2 rings (SSSR count). The van der Waals surface area contributed by atoms with Gasteiger partial charge < -0.3 is 5.32 Å². The van der Waals surface area contributed by atoms with Crippen LogP contribution in [-0.2, 0) is 16.6 Å². The number of hydrogen-bond acceptors (Lipinski definition) is 6. The monoisotopic (exact) mass is 330 g/mol. The minimum Gasteiger partial charge on any atom is -0.310 e. The summed E-state index contributed by atoms with van der Waals surface area (Å²) in [6.45, 7) is 4.40. The first-order valence-corrected chi connectivity index (χ1v) is 8.55. The lowest BCUT2D eigenvalue weighted by atomic mass is 10.2. The van der Waals surface area contributed by atoms with Crippen molar-refractivity contribution in [2.45, 2.75) is 31.3 Å². The number of halogens is 1. The molecule has 0 aliphatic rings. The molecule has 114 valence electrons. The van der Waals surface area contributed by atoms with E-state index >= 15 is 0 Å². The minimum absolute atomic E-state index is 0.0973. The van der Waals surface area contributed by atoms with Gasteiger partial charge in [0.2, 0.25) is 5.13 Å². The van der Waals surface area contributed by atoms with Crippen molar-refractivity contribution >= 4 is 26.5 Å². The largest absolute Gasteiger partial charge is 0.310 e. The Hall–Kier alpha value is -1.58. The third-order valence-electron chi connectivity index (χ3n) is 2.58. The van der Waals surface area contributed by atoms with E-state index in [1.165, 1.54) is 11.6 Å². The van der Waals surface area contributed by atoms with Crippen LogP contribution in [0.2, 0.25) is 0 Å². The normalized spacial score (nSPS) is 11.8. The molecule has 0 fully saturated rings. The van der Waals surface area contributed by atoms with Gasteiger partial charge in [0.15, 0.2) is 0 Å². The molecule has 2 N–H and O–H groups in total. The molecule has 1 aromatic carbocycles. The quantitative estimate of drug-likeness (QED) is 0.846. The van der Waals surface area contributed by atoms with Crippen molar-refractivity contribution in [1.82, 2.24) is 15.5 Å². The summed E-state index contributed by atoms with van der Waals surface area (Å²) in [6.07, 6.45) is 0. The number of aromatic nitrogens is 2. The number of nitrogens with zero attached hydrogens (tertiary/aromatic N) is 2. The Morgan fingerprint density at radius 2 is 2.14 bits per heavy atom. The molecule has 6 nitrogen and oxygen atoms in total. The van der Waals surface area contributed by atoms with E-state index in [2.05, 4.69) is 20.2 Å². The molecule has 2 aromatic rings. The van der Waals surface area contributed by atoms with Crippen molar-refractivity contribution in [2.24, 2.45) is 0 Å². The van der Waals surface area contributed by atoms with Crippen LogP contribution in [0.5, 0.6) is 0 Å². The van der Waals surface area contributed by atoms with E-state index in [-0.39, 0.29) is 11.2 Å². The van der Waals surface area contributed by atoms with Crippen molar-refractivity contribution < 1.29 is 12.8 Å². The van der Waals surface area contributed by atoms with Crippen molar-refractivity contribution in [1.29, 1.82) is 0 Å². The first-order valence-electron chi connectivity index (χ1n) is 6.19. The Morgan fingerprint density at radius 3 is 2.76 bits per heavy atom. The van der Waals surface area contributed by atoms with E-state index in [1.54, 1.807) is 6.07 Å². The predicted molar refractivity (Wildman–Crippen MR) is 79.1 cm³/mol. The van der Waals surface area contributed by atoms with Gasteiger partial charge >= 0.3 is 0 Å². The van der Waals surface area contributed by atoms with Gasteiger partial charge in [0.05, 0.1) is 0 Å². The fraction of sp³-hybridized carbons (Fsp3) is 0.333. The number of rotatable bonds is 6. The number of nitrogens with one attached hydrogen (secondary N) is 2. The van der Waals surface area contributed by atoms with Gasteiger partial charge in [-0.1, -0.05) is 31.3 Å². The summed E-state index contributed by atoms with van der Waals surface area (Å²) in [5.41, 5.74) is 2.07. The van der Waals surface area contributed by atoms with E-state index in [0.29, 0.717) is 12.1 Å². The third-order valence-corrected chi connectivity index (χ3v) is 4.67. The number of sulfonamides is 1. The molecule has 0 aliphatic heterocycles. The van der Waals surface area contributed by atoms with E-state index in [1.807, 2.05) is 13.8 Å². The molecule has 0 amide bonds. The summed E-state index contributed by atoms with van der Waals surface area (Å²) in [5, 5.41) is 10.4. The van der Waals surface area contributed by atoms with E-state index < -0.39 is 20.7 Å². The Kier molecular flexibility index (Phi) is 4.86. The van der Waals surface area contributed by atoms with Crippen LogP contribution < -0.4 is 10.0 Å². The highest BCUT2D eigenvalue weighted by atomic mass is 32.2.